The van der Waals surface area contributed by atoms with Gasteiger partial charge in [-0.3, -0.25) is 4.79 Å². The molecule has 0 aliphatic carbocycles. The maximum absolute atomic E-state index is 11.6. The molecule has 0 atom stereocenters. The molecule has 1 aliphatic heterocycles. The number of halogens is 2. The average Bonchev–Trinajstić information content (AvgIpc) is 3.13. The topological polar surface area (TPSA) is 50.8 Å². The Morgan fingerprint density at radius 3 is 2.53 bits per heavy atom. The lowest BCUT2D eigenvalue weighted by atomic mass is 10.2. The minimum Gasteiger partial charge on any atom is -0.490 e. The van der Waals surface area contributed by atoms with Crippen molar-refractivity contribution in [3.05, 3.63) is 58.6 Å². The van der Waals surface area contributed by atoms with E-state index in [0.29, 0.717) is 30.6 Å². The van der Waals surface area contributed by atoms with Gasteiger partial charge in [-0.25, -0.2) is 0 Å². The number of ether oxygens (including phenoxy) is 2. The number of nitrogens with zero attached hydrogens (tertiary/aromatic N) is 1. The van der Waals surface area contributed by atoms with Crippen molar-refractivity contribution in [3.63, 3.8) is 0 Å². The molecule has 0 spiro atoms. The Kier molecular flexibility index (Phi) is 10.3. The molecule has 164 valence electrons. The van der Waals surface area contributed by atoms with E-state index in [1.54, 1.807) is 0 Å². The number of hydrogen-bond donors (Lipinski definition) is 1. The first-order valence-corrected chi connectivity index (χ1v) is 10.6. The summed E-state index contributed by atoms with van der Waals surface area (Å²) in [6.45, 7) is 6.39. The van der Waals surface area contributed by atoms with Gasteiger partial charge in [0, 0.05) is 31.1 Å². The number of benzene rings is 2. The molecule has 5 nitrogen and oxygen atoms in total. The fourth-order valence-electron chi connectivity index (χ4n) is 3.36. The molecule has 30 heavy (non-hydrogen) atoms. The summed E-state index contributed by atoms with van der Waals surface area (Å²) in [5.74, 6) is 1.78. The van der Waals surface area contributed by atoms with Gasteiger partial charge in [-0.15, -0.1) is 12.4 Å². The summed E-state index contributed by atoms with van der Waals surface area (Å²) in [4.78, 5) is 13.6. The van der Waals surface area contributed by atoms with Crippen LogP contribution in [-0.4, -0.2) is 37.0 Å². The van der Waals surface area contributed by atoms with E-state index in [2.05, 4.69) is 11.4 Å². The van der Waals surface area contributed by atoms with Crippen molar-refractivity contribution in [2.45, 2.75) is 39.3 Å². The highest BCUT2D eigenvalue weighted by Crippen LogP contribution is 2.29. The van der Waals surface area contributed by atoms with Crippen molar-refractivity contribution in [2.75, 3.05) is 26.2 Å². The molecule has 3 rings (SSSR count). The molecular formula is C23H30Cl2N2O3. The minimum atomic E-state index is 0. The molecule has 2 aromatic carbocycles. The Balaban J connectivity index is 0.00000320. The minimum absolute atomic E-state index is 0. The smallest absolute Gasteiger partial charge is 0.222 e. The third-order valence-corrected chi connectivity index (χ3v) is 5.15. The zero-order valence-corrected chi connectivity index (χ0v) is 18.9. The van der Waals surface area contributed by atoms with Crippen LogP contribution in [0.1, 0.15) is 37.3 Å². The highest BCUT2D eigenvalue weighted by molar-refractivity contribution is 6.30. The summed E-state index contributed by atoms with van der Waals surface area (Å²) in [6.07, 6.45) is 2.67. The molecule has 0 unspecified atom stereocenters. The monoisotopic (exact) mass is 452 g/mol. The van der Waals surface area contributed by atoms with Crippen molar-refractivity contribution in [1.82, 2.24) is 10.2 Å². The van der Waals surface area contributed by atoms with Gasteiger partial charge in [-0.05, 0) is 61.7 Å². The Labute approximate surface area is 190 Å². The van der Waals surface area contributed by atoms with E-state index in [4.69, 9.17) is 21.1 Å². The molecule has 0 aromatic heterocycles. The quantitative estimate of drug-likeness (QED) is 0.495. The predicted molar refractivity (Wildman–Crippen MR) is 123 cm³/mol. The second-order valence-corrected chi connectivity index (χ2v) is 7.58. The molecule has 1 saturated heterocycles. The van der Waals surface area contributed by atoms with Crippen molar-refractivity contribution < 1.29 is 14.3 Å². The van der Waals surface area contributed by atoms with E-state index in [1.165, 1.54) is 0 Å². The molecule has 1 heterocycles. The molecular weight excluding hydrogens is 423 g/mol. The number of likely N-dealkylation sites (tertiary alicyclic amines) is 1. The van der Waals surface area contributed by atoms with E-state index in [9.17, 15) is 4.79 Å². The van der Waals surface area contributed by atoms with Crippen LogP contribution in [0.5, 0.6) is 11.5 Å². The van der Waals surface area contributed by atoms with Gasteiger partial charge in [0.1, 0.15) is 6.61 Å². The lowest BCUT2D eigenvalue weighted by molar-refractivity contribution is -0.127. The van der Waals surface area contributed by atoms with Crippen LogP contribution >= 0.6 is 24.0 Å². The number of carbonyl (C=O) groups is 1. The van der Waals surface area contributed by atoms with Crippen molar-refractivity contribution in [2.24, 2.45) is 0 Å². The van der Waals surface area contributed by atoms with Crippen LogP contribution in [0.25, 0.3) is 0 Å². The fourth-order valence-corrected chi connectivity index (χ4v) is 3.49. The van der Waals surface area contributed by atoms with Crippen LogP contribution in [0.3, 0.4) is 0 Å². The SMILES string of the molecule is CCOc1cc(CNCCCN2CCCC2=O)ccc1OCc1ccc(Cl)cc1.Cl. The zero-order valence-electron chi connectivity index (χ0n) is 17.4. The Bertz CT molecular complexity index is 800. The van der Waals surface area contributed by atoms with E-state index in [-0.39, 0.29) is 12.4 Å². The maximum atomic E-state index is 11.6. The van der Waals surface area contributed by atoms with Crippen LogP contribution in [0, 0.1) is 0 Å². The summed E-state index contributed by atoms with van der Waals surface area (Å²) in [6, 6.07) is 13.7. The van der Waals surface area contributed by atoms with Gasteiger partial charge < -0.3 is 19.7 Å². The van der Waals surface area contributed by atoms with Gasteiger partial charge in [-0.2, -0.15) is 0 Å². The van der Waals surface area contributed by atoms with Crippen molar-refractivity contribution in [1.29, 1.82) is 0 Å². The highest BCUT2D eigenvalue weighted by Gasteiger charge is 2.18. The summed E-state index contributed by atoms with van der Waals surface area (Å²) in [7, 11) is 0. The first kappa shape index (κ1) is 24.3. The van der Waals surface area contributed by atoms with Crippen LogP contribution in [0.2, 0.25) is 5.02 Å². The lowest BCUT2D eigenvalue weighted by Crippen LogP contribution is -2.28. The Morgan fingerprint density at radius 2 is 1.83 bits per heavy atom. The van der Waals surface area contributed by atoms with Gasteiger partial charge in [-0.1, -0.05) is 29.8 Å². The van der Waals surface area contributed by atoms with E-state index in [1.807, 2.05) is 48.2 Å². The second kappa shape index (κ2) is 12.7. The molecule has 1 amide bonds. The molecule has 1 aliphatic rings. The Hall–Kier alpha value is -1.95. The normalized spacial score (nSPS) is 13.3. The first-order valence-electron chi connectivity index (χ1n) is 10.3. The van der Waals surface area contributed by atoms with Crippen LogP contribution in [0.15, 0.2) is 42.5 Å². The second-order valence-electron chi connectivity index (χ2n) is 7.14. The summed E-state index contributed by atoms with van der Waals surface area (Å²) >= 11 is 5.93. The predicted octanol–water partition coefficient (Wildman–Crippen LogP) is 4.84. The molecule has 1 fully saturated rings. The Morgan fingerprint density at radius 1 is 1.07 bits per heavy atom. The van der Waals surface area contributed by atoms with Gasteiger partial charge >= 0.3 is 0 Å². The summed E-state index contributed by atoms with van der Waals surface area (Å²) in [5, 5.41) is 4.16. The summed E-state index contributed by atoms with van der Waals surface area (Å²) < 4.78 is 11.7. The molecule has 1 N–H and O–H groups in total. The number of rotatable bonds is 11. The fraction of sp³-hybridized carbons (Fsp3) is 0.435. The van der Waals surface area contributed by atoms with Crippen LogP contribution in [0.4, 0.5) is 0 Å². The van der Waals surface area contributed by atoms with Crippen LogP contribution in [-0.2, 0) is 17.9 Å². The lowest BCUT2D eigenvalue weighted by Gasteiger charge is -2.16. The van der Waals surface area contributed by atoms with Crippen molar-refractivity contribution in [3.8, 4) is 11.5 Å². The molecule has 0 bridgehead atoms. The number of carbonyl (C=O) groups excluding carboxylic acids is 1. The van der Waals surface area contributed by atoms with Crippen molar-refractivity contribution >= 4 is 29.9 Å². The van der Waals surface area contributed by atoms with Gasteiger partial charge in [0.2, 0.25) is 5.91 Å². The molecule has 7 heteroatoms. The van der Waals surface area contributed by atoms with E-state index < -0.39 is 0 Å². The number of amides is 1. The summed E-state index contributed by atoms with van der Waals surface area (Å²) in [5.41, 5.74) is 2.20. The maximum Gasteiger partial charge on any atom is 0.222 e. The van der Waals surface area contributed by atoms with E-state index >= 15 is 0 Å². The number of nitrogens with one attached hydrogen (secondary N) is 1. The first-order chi connectivity index (χ1) is 14.2. The molecule has 0 radical (unpaired) electrons. The van der Waals surface area contributed by atoms with Gasteiger partial charge in [0.25, 0.3) is 0 Å². The third kappa shape index (κ3) is 7.38. The van der Waals surface area contributed by atoms with Crippen LogP contribution < -0.4 is 14.8 Å². The highest BCUT2D eigenvalue weighted by atomic mass is 35.5. The van der Waals surface area contributed by atoms with Gasteiger partial charge in [0.15, 0.2) is 11.5 Å². The third-order valence-electron chi connectivity index (χ3n) is 4.90. The van der Waals surface area contributed by atoms with Gasteiger partial charge in [0.05, 0.1) is 6.61 Å². The zero-order chi connectivity index (χ0) is 20.5. The standard InChI is InChI=1S/C23H29ClN2O3.ClH/c1-2-28-22-15-19(16-25-12-4-14-26-13-3-5-23(26)27)8-11-21(22)29-17-18-6-9-20(24)10-7-18;/h6-11,15,25H,2-5,12-14,16-17H2,1H3;1H. The molecule has 0 saturated carbocycles. The van der Waals surface area contributed by atoms with E-state index in [0.717, 1.165) is 61.6 Å². The largest absolute Gasteiger partial charge is 0.490 e. The molecule has 2 aromatic rings. The number of hydrogen-bond acceptors (Lipinski definition) is 4. The average molecular weight is 453 g/mol.